The van der Waals surface area contributed by atoms with Crippen LogP contribution in [0.15, 0.2) is 72.6 Å². The van der Waals surface area contributed by atoms with E-state index in [1.165, 1.54) is 22.3 Å². The molecule has 1 atom stereocenters. The van der Waals surface area contributed by atoms with Crippen LogP contribution in [-0.4, -0.2) is 40.9 Å². The fourth-order valence-corrected chi connectivity index (χ4v) is 4.31. The Morgan fingerprint density at radius 1 is 1.13 bits per heavy atom. The van der Waals surface area contributed by atoms with Crippen LogP contribution in [-0.2, 0) is 0 Å². The molecule has 1 fully saturated rings. The average molecular weight is 399 g/mol. The molecular formula is C26H30N4. The summed E-state index contributed by atoms with van der Waals surface area (Å²) in [7, 11) is 2.05. The lowest BCUT2D eigenvalue weighted by Gasteiger charge is -2.40. The van der Waals surface area contributed by atoms with Crippen molar-refractivity contribution >= 4 is 17.2 Å². The Morgan fingerprint density at radius 3 is 2.67 bits per heavy atom. The van der Waals surface area contributed by atoms with Crippen LogP contribution in [0.2, 0.25) is 0 Å². The van der Waals surface area contributed by atoms with E-state index in [-0.39, 0.29) is 0 Å². The number of nitrogens with zero attached hydrogens (tertiary/aromatic N) is 4. The molecule has 0 saturated carbocycles. The molecule has 3 heterocycles. The molecule has 1 aromatic carbocycles. The van der Waals surface area contributed by atoms with Gasteiger partial charge in [-0.3, -0.25) is 4.98 Å². The maximum absolute atomic E-state index is 5.02. The Hall–Kier alpha value is -3.14. The largest absolute Gasteiger partial charge is 0.342 e. The zero-order valence-corrected chi connectivity index (χ0v) is 18.2. The van der Waals surface area contributed by atoms with Crippen molar-refractivity contribution in [3.63, 3.8) is 0 Å². The van der Waals surface area contributed by atoms with Gasteiger partial charge in [0, 0.05) is 49.7 Å². The summed E-state index contributed by atoms with van der Waals surface area (Å²) >= 11 is 0. The molecule has 2 aliphatic rings. The van der Waals surface area contributed by atoms with Gasteiger partial charge in [0.15, 0.2) is 0 Å². The van der Waals surface area contributed by atoms with Crippen LogP contribution in [0.5, 0.6) is 0 Å². The Labute approximate surface area is 180 Å². The number of allylic oxidation sites excluding steroid dienone is 1. The van der Waals surface area contributed by atoms with Gasteiger partial charge in [-0.05, 0) is 67.2 Å². The number of rotatable bonds is 3. The number of piperidine rings is 1. The number of pyridine rings is 1. The van der Waals surface area contributed by atoms with E-state index in [0.29, 0.717) is 5.92 Å². The zero-order chi connectivity index (χ0) is 21.3. The van der Waals surface area contributed by atoms with Crippen LogP contribution in [0, 0.1) is 19.8 Å². The molecule has 4 nitrogen and oxygen atoms in total. The topological polar surface area (TPSA) is 31.7 Å². The first kappa shape index (κ1) is 20.1. The van der Waals surface area contributed by atoms with Gasteiger partial charge < -0.3 is 9.80 Å². The third kappa shape index (κ3) is 3.82. The van der Waals surface area contributed by atoms with Crippen molar-refractivity contribution in [1.29, 1.82) is 0 Å². The van der Waals surface area contributed by atoms with Gasteiger partial charge in [0.05, 0.1) is 5.70 Å². The predicted molar refractivity (Wildman–Crippen MR) is 126 cm³/mol. The second-order valence-electron chi connectivity index (χ2n) is 8.29. The lowest BCUT2D eigenvalue weighted by Crippen LogP contribution is -2.47. The number of guanidine groups is 1. The highest BCUT2D eigenvalue weighted by atomic mass is 15.4. The van der Waals surface area contributed by atoms with Gasteiger partial charge in [-0.15, -0.1) is 0 Å². The van der Waals surface area contributed by atoms with Gasteiger partial charge in [-0.25, -0.2) is 4.99 Å². The SMILES string of the molecule is C=C(c1cccc(C)c1C)C1CCCN(C2=NC(c3ccncc3)=CC(=C)N2C)C1. The lowest BCUT2D eigenvalue weighted by atomic mass is 9.85. The number of likely N-dealkylation sites (N-methyl/N-ethyl adjacent to an activating group) is 1. The van der Waals surface area contributed by atoms with Crippen molar-refractivity contribution in [3.8, 4) is 0 Å². The summed E-state index contributed by atoms with van der Waals surface area (Å²) in [5, 5.41) is 0. The predicted octanol–water partition coefficient (Wildman–Crippen LogP) is 5.28. The Balaban J connectivity index is 1.60. The Morgan fingerprint density at radius 2 is 1.90 bits per heavy atom. The van der Waals surface area contributed by atoms with Crippen LogP contribution in [0.4, 0.5) is 0 Å². The van der Waals surface area contributed by atoms with E-state index < -0.39 is 0 Å². The highest BCUT2D eigenvalue weighted by molar-refractivity contribution is 5.91. The van der Waals surface area contributed by atoms with Crippen LogP contribution in [0.25, 0.3) is 11.3 Å². The maximum atomic E-state index is 5.02. The monoisotopic (exact) mass is 398 g/mol. The zero-order valence-electron chi connectivity index (χ0n) is 18.2. The number of hydrogen-bond acceptors (Lipinski definition) is 4. The third-order valence-corrected chi connectivity index (χ3v) is 6.38. The second kappa shape index (κ2) is 8.31. The lowest BCUT2D eigenvalue weighted by molar-refractivity contribution is 0.275. The van der Waals surface area contributed by atoms with Crippen molar-refractivity contribution in [2.24, 2.45) is 10.9 Å². The molecule has 2 aliphatic heterocycles. The van der Waals surface area contributed by atoms with Gasteiger partial charge in [-0.1, -0.05) is 31.4 Å². The quantitative estimate of drug-likeness (QED) is 0.705. The van der Waals surface area contributed by atoms with Crippen LogP contribution in [0.1, 0.15) is 35.1 Å². The highest BCUT2D eigenvalue weighted by Crippen LogP contribution is 2.33. The summed E-state index contributed by atoms with van der Waals surface area (Å²) in [6.45, 7) is 15.0. The van der Waals surface area contributed by atoms with E-state index in [1.54, 1.807) is 12.4 Å². The molecule has 0 amide bonds. The maximum Gasteiger partial charge on any atom is 0.206 e. The molecule has 30 heavy (non-hydrogen) atoms. The molecule has 1 saturated heterocycles. The van der Waals surface area contributed by atoms with Gasteiger partial charge in [-0.2, -0.15) is 0 Å². The van der Waals surface area contributed by atoms with Gasteiger partial charge in [0.1, 0.15) is 0 Å². The highest BCUT2D eigenvalue weighted by Gasteiger charge is 2.29. The first-order valence-electron chi connectivity index (χ1n) is 10.6. The number of aryl methyl sites for hydroxylation is 1. The van der Waals surface area contributed by atoms with Gasteiger partial charge in [0.25, 0.3) is 0 Å². The summed E-state index contributed by atoms with van der Waals surface area (Å²) in [6.07, 6.45) is 7.93. The van der Waals surface area contributed by atoms with Crippen molar-refractivity contribution in [2.45, 2.75) is 26.7 Å². The van der Waals surface area contributed by atoms with Crippen LogP contribution < -0.4 is 0 Å². The number of likely N-dealkylation sites (tertiary alicyclic amines) is 1. The molecule has 0 aliphatic carbocycles. The van der Waals surface area contributed by atoms with Crippen molar-refractivity contribution < 1.29 is 0 Å². The summed E-state index contributed by atoms with van der Waals surface area (Å²) in [4.78, 5) is 13.6. The summed E-state index contributed by atoms with van der Waals surface area (Å²) in [5.41, 5.74) is 8.13. The number of aromatic nitrogens is 1. The molecule has 0 N–H and O–H groups in total. The molecule has 154 valence electrons. The number of hydrogen-bond donors (Lipinski definition) is 0. The fraction of sp³-hybridized carbons (Fsp3) is 0.308. The van der Waals surface area contributed by atoms with E-state index in [0.717, 1.165) is 48.8 Å². The molecule has 4 heteroatoms. The van der Waals surface area contributed by atoms with E-state index in [1.807, 2.05) is 25.3 Å². The molecule has 4 rings (SSSR count). The van der Waals surface area contributed by atoms with E-state index in [9.17, 15) is 0 Å². The number of benzene rings is 1. The Kier molecular flexibility index (Phi) is 5.58. The average Bonchev–Trinajstić information content (AvgIpc) is 2.77. The third-order valence-electron chi connectivity index (χ3n) is 6.38. The van der Waals surface area contributed by atoms with Gasteiger partial charge in [0.2, 0.25) is 5.96 Å². The van der Waals surface area contributed by atoms with Crippen LogP contribution >= 0.6 is 0 Å². The van der Waals surface area contributed by atoms with E-state index in [2.05, 4.69) is 60.0 Å². The molecule has 1 unspecified atom stereocenters. The number of aliphatic imine (C=N–C) groups is 1. The smallest absolute Gasteiger partial charge is 0.206 e. The fourth-order valence-electron chi connectivity index (χ4n) is 4.31. The summed E-state index contributed by atoms with van der Waals surface area (Å²) < 4.78 is 0. The summed E-state index contributed by atoms with van der Waals surface area (Å²) in [6, 6.07) is 10.5. The first-order chi connectivity index (χ1) is 14.5. The minimum absolute atomic E-state index is 0.416. The molecule has 0 bridgehead atoms. The Bertz CT molecular complexity index is 1030. The molecule has 0 spiro atoms. The van der Waals surface area contributed by atoms with E-state index >= 15 is 0 Å². The summed E-state index contributed by atoms with van der Waals surface area (Å²) in [5.74, 6) is 1.38. The standard InChI is InChI=1S/C26H30N4/c1-18-8-6-10-24(20(18)3)21(4)23-9-7-15-30(17-23)26-28-25(16-19(2)29(26)5)22-11-13-27-14-12-22/h6,8,10-14,16,23H,2,4,7,9,15,17H2,1,3,5H3. The molecule has 0 radical (unpaired) electrons. The van der Waals surface area contributed by atoms with Crippen molar-refractivity contribution in [2.75, 3.05) is 20.1 Å². The van der Waals surface area contributed by atoms with Crippen molar-refractivity contribution in [3.05, 3.63) is 89.9 Å². The molecule has 1 aromatic heterocycles. The van der Waals surface area contributed by atoms with Crippen LogP contribution in [0.3, 0.4) is 0 Å². The minimum atomic E-state index is 0.416. The molecular weight excluding hydrogens is 368 g/mol. The minimum Gasteiger partial charge on any atom is -0.342 e. The van der Waals surface area contributed by atoms with Crippen molar-refractivity contribution in [1.82, 2.24) is 14.8 Å². The van der Waals surface area contributed by atoms with E-state index in [4.69, 9.17) is 4.99 Å². The first-order valence-corrected chi connectivity index (χ1v) is 10.6. The molecule has 2 aromatic rings. The normalized spacial score (nSPS) is 19.4. The second-order valence-corrected chi connectivity index (χ2v) is 8.29. The van der Waals surface area contributed by atoms with Gasteiger partial charge >= 0.3 is 0 Å².